The maximum atomic E-state index is 14.5. The third kappa shape index (κ3) is 11.0. The second-order valence-corrected chi connectivity index (χ2v) is 19.4. The van der Waals surface area contributed by atoms with Crippen LogP contribution in [-0.4, -0.2) is 72.8 Å². The maximum Gasteiger partial charge on any atom is 0.345 e. The third-order valence-electron chi connectivity index (χ3n) is 14.1. The van der Waals surface area contributed by atoms with Crippen molar-refractivity contribution in [3.8, 4) is 74.2 Å². The van der Waals surface area contributed by atoms with Crippen molar-refractivity contribution in [2.45, 2.75) is 37.8 Å². The zero-order chi connectivity index (χ0) is 56.0. The lowest BCUT2D eigenvalue weighted by Crippen LogP contribution is -2.39. The Morgan fingerprint density at radius 2 is 1.42 bits per heavy atom. The van der Waals surface area contributed by atoms with E-state index >= 15 is 0 Å². The molecule has 1 N–H and O–H groups in total. The van der Waals surface area contributed by atoms with E-state index in [1.807, 2.05) is 116 Å². The molecule has 0 fully saturated rings. The van der Waals surface area contributed by atoms with Crippen molar-refractivity contribution in [2.24, 2.45) is 0 Å². The number of carboxylic acids is 1. The second-order valence-electron chi connectivity index (χ2n) is 19.0. The first-order valence-corrected chi connectivity index (χ1v) is 26.3. The summed E-state index contributed by atoms with van der Waals surface area (Å²) in [5.74, 6) is 1.98. The zero-order valence-corrected chi connectivity index (χ0v) is 45.2. The SMILES string of the molecule is COc1ccc(C(OC[C@@H]2COc3ccc(OCc4ccnc(-c5ccccc5OC)n4)c(c3)C[C@H](C(=O)O)Oc3nccc4oc(-c5ccc(F)cc5)c(c34)-c3ccc(c(Cl)c3C)O2)(c2ccccc2)c2ccc(OC)cc2)cc1. The molecule has 0 saturated heterocycles. The van der Waals surface area contributed by atoms with Gasteiger partial charge in [-0.05, 0) is 126 Å². The van der Waals surface area contributed by atoms with Gasteiger partial charge >= 0.3 is 5.97 Å². The summed E-state index contributed by atoms with van der Waals surface area (Å²) in [5, 5.41) is 11.7. The molecular formula is C65H53ClFN3O11. The summed E-state index contributed by atoms with van der Waals surface area (Å²) in [6.07, 6.45) is 0.480. The normalized spacial score (nSPS) is 14.2. The van der Waals surface area contributed by atoms with Crippen molar-refractivity contribution in [1.29, 1.82) is 0 Å². The molecular weight excluding hydrogens is 1050 g/mol. The molecule has 0 spiro atoms. The van der Waals surface area contributed by atoms with E-state index in [1.54, 1.807) is 76.1 Å². The van der Waals surface area contributed by atoms with Crippen LogP contribution in [-0.2, 0) is 28.2 Å². The molecule has 12 rings (SSSR count). The zero-order valence-electron chi connectivity index (χ0n) is 44.4. The summed E-state index contributed by atoms with van der Waals surface area (Å²) in [7, 11) is 4.82. The molecule has 2 aliphatic rings. The van der Waals surface area contributed by atoms with Crippen LogP contribution in [0.3, 0.4) is 0 Å². The number of aliphatic carboxylic acids is 1. The van der Waals surface area contributed by atoms with Gasteiger partial charge in [0.15, 0.2) is 11.9 Å². The van der Waals surface area contributed by atoms with E-state index < -0.39 is 29.6 Å². The standard InChI is InChI=1S/C65H53ClFN3O11/c1-39-51-27-29-56(60(39)66)79-50(38-78-65(42-10-6-5-7-11-42,43-16-22-47(73-2)23-17-43)44-18-24-48(74-3)25-19-44)37-76-49-26-28-53(77-36-46-30-32-68-62(70-46)52-12-8-9-13-54(52)75-4)41(34-49)35-57(64(71)72)81-63-59-55(31-33-69-63)80-61(58(51)59)40-14-20-45(67)21-15-40/h5-34,50,57H,35-38H2,1-4H3,(H,71,72)/t50-,57+/m0/s1. The quantitative estimate of drug-likeness (QED) is 0.0965. The van der Waals surface area contributed by atoms with Gasteiger partial charge in [0.2, 0.25) is 12.0 Å². The van der Waals surface area contributed by atoms with Crippen LogP contribution in [0.2, 0.25) is 5.02 Å². The number of halogens is 2. The number of hydrogen-bond donors (Lipinski definition) is 1. The fourth-order valence-corrected chi connectivity index (χ4v) is 10.2. The molecule has 10 aromatic rings. The smallest absolute Gasteiger partial charge is 0.345 e. The number of pyridine rings is 1. The van der Waals surface area contributed by atoms with Crippen LogP contribution in [0.1, 0.15) is 33.5 Å². The van der Waals surface area contributed by atoms with Crippen molar-refractivity contribution in [1.82, 2.24) is 15.0 Å². The summed E-state index contributed by atoms with van der Waals surface area (Å²) in [6.45, 7) is 1.66. The molecule has 2 atom stereocenters. The molecule has 408 valence electrons. The van der Waals surface area contributed by atoms with Gasteiger partial charge in [-0.3, -0.25) is 0 Å². The predicted molar refractivity (Wildman–Crippen MR) is 303 cm³/mol. The Morgan fingerprint density at radius 1 is 0.728 bits per heavy atom. The average Bonchev–Trinajstić information content (AvgIpc) is 3.95. The van der Waals surface area contributed by atoms with Gasteiger partial charge < -0.3 is 47.4 Å². The Labute approximate surface area is 471 Å². The van der Waals surface area contributed by atoms with Gasteiger partial charge in [-0.25, -0.2) is 24.1 Å². The number of methoxy groups -OCH3 is 3. The number of hydrogen-bond acceptors (Lipinski definition) is 13. The molecule has 14 nitrogen and oxygen atoms in total. The Bertz CT molecular complexity index is 3810. The van der Waals surface area contributed by atoms with Gasteiger partial charge in [0, 0.05) is 41.6 Å². The highest BCUT2D eigenvalue weighted by Gasteiger charge is 2.39. The molecule has 0 amide bonds. The Kier molecular flexibility index (Phi) is 15.5. The van der Waals surface area contributed by atoms with Gasteiger partial charge in [-0.1, -0.05) is 84.4 Å². The van der Waals surface area contributed by atoms with Crippen molar-refractivity contribution >= 4 is 28.5 Å². The number of fused-ring (bicyclic) bond motifs is 7. The van der Waals surface area contributed by atoms with E-state index in [2.05, 4.69) is 9.97 Å². The molecule has 7 aromatic carbocycles. The molecule has 0 aliphatic carbocycles. The second kappa shape index (κ2) is 23.5. The minimum Gasteiger partial charge on any atom is -0.497 e. The number of nitrogens with zero attached hydrogens (tertiary/aromatic N) is 3. The molecule has 4 bridgehead atoms. The van der Waals surface area contributed by atoms with E-state index in [4.69, 9.17) is 58.9 Å². The largest absolute Gasteiger partial charge is 0.497 e. The first kappa shape index (κ1) is 53.6. The molecule has 5 heterocycles. The minimum absolute atomic E-state index is 0.0159. The van der Waals surface area contributed by atoms with Crippen molar-refractivity contribution < 1.29 is 56.6 Å². The van der Waals surface area contributed by atoms with Gasteiger partial charge in [-0.15, -0.1) is 0 Å². The number of ether oxygens (including phenoxy) is 8. The summed E-state index contributed by atoms with van der Waals surface area (Å²) in [5.41, 5.74) is 5.39. The van der Waals surface area contributed by atoms with Gasteiger partial charge in [0.25, 0.3) is 0 Å². The van der Waals surface area contributed by atoms with Crippen LogP contribution < -0.4 is 33.2 Å². The number of furan rings is 1. The Hall–Kier alpha value is -9.44. The molecule has 0 unspecified atom stereocenters. The minimum atomic E-state index is -1.54. The van der Waals surface area contributed by atoms with E-state index in [0.29, 0.717) is 96.1 Å². The van der Waals surface area contributed by atoms with Gasteiger partial charge in [0.05, 0.1) is 49.6 Å². The van der Waals surface area contributed by atoms with Crippen molar-refractivity contribution in [3.63, 3.8) is 0 Å². The molecule has 81 heavy (non-hydrogen) atoms. The number of carboxylic acid groups (broad SMARTS) is 1. The fourth-order valence-electron chi connectivity index (χ4n) is 10.0. The average molecular weight is 1110 g/mol. The lowest BCUT2D eigenvalue weighted by molar-refractivity contribution is -0.145. The highest BCUT2D eigenvalue weighted by atomic mass is 35.5. The first-order chi connectivity index (χ1) is 39.5. The van der Waals surface area contributed by atoms with Crippen LogP contribution >= 0.6 is 11.6 Å². The number of para-hydroxylation sites is 1. The number of benzene rings is 7. The molecule has 3 aromatic heterocycles. The summed E-state index contributed by atoms with van der Waals surface area (Å²) < 4.78 is 71.9. The molecule has 2 aliphatic heterocycles. The molecule has 0 saturated carbocycles. The van der Waals surface area contributed by atoms with E-state index in [0.717, 1.165) is 16.7 Å². The number of rotatable bonds is 15. The summed E-state index contributed by atoms with van der Waals surface area (Å²) >= 11 is 7.44. The van der Waals surface area contributed by atoms with Crippen LogP contribution in [0.5, 0.6) is 40.4 Å². The highest BCUT2D eigenvalue weighted by molar-refractivity contribution is 6.33. The molecule has 0 radical (unpaired) electrons. The highest BCUT2D eigenvalue weighted by Crippen LogP contribution is 2.48. The van der Waals surface area contributed by atoms with Crippen molar-refractivity contribution in [3.05, 3.63) is 227 Å². The van der Waals surface area contributed by atoms with Crippen molar-refractivity contribution in [2.75, 3.05) is 34.5 Å². The third-order valence-corrected chi connectivity index (χ3v) is 14.6. The maximum absolute atomic E-state index is 14.5. The summed E-state index contributed by atoms with van der Waals surface area (Å²) in [4.78, 5) is 27.4. The van der Waals surface area contributed by atoms with E-state index in [-0.39, 0.29) is 37.1 Å². The predicted octanol–water partition coefficient (Wildman–Crippen LogP) is 13.5. The monoisotopic (exact) mass is 1110 g/mol. The van der Waals surface area contributed by atoms with Gasteiger partial charge in [-0.2, -0.15) is 0 Å². The number of aromatic nitrogens is 3. The van der Waals surface area contributed by atoms with Gasteiger partial charge in [0.1, 0.15) is 70.5 Å². The fraction of sp³-hybridized carbons (Fsp3) is 0.169. The number of carbonyl (C=O) groups is 1. The topological polar surface area (TPSA) is 163 Å². The van der Waals surface area contributed by atoms with Crippen LogP contribution in [0.25, 0.3) is 44.8 Å². The molecule has 16 heteroatoms. The lowest BCUT2D eigenvalue weighted by atomic mass is 9.80. The van der Waals surface area contributed by atoms with Crippen LogP contribution in [0.4, 0.5) is 4.39 Å². The van der Waals surface area contributed by atoms with E-state index in [1.165, 1.54) is 18.3 Å². The first-order valence-electron chi connectivity index (χ1n) is 25.9. The lowest BCUT2D eigenvalue weighted by Gasteiger charge is -2.37. The van der Waals surface area contributed by atoms with Crippen LogP contribution in [0, 0.1) is 12.7 Å². The van der Waals surface area contributed by atoms with E-state index in [9.17, 15) is 14.3 Å². The Morgan fingerprint density at radius 3 is 2.12 bits per heavy atom. The van der Waals surface area contributed by atoms with Crippen LogP contribution in [0.15, 0.2) is 187 Å². The summed E-state index contributed by atoms with van der Waals surface area (Å²) in [6, 6.07) is 50.7. The Balaban J connectivity index is 1.04.